The maximum Gasteiger partial charge on any atom is 3.00 e. The minimum atomic E-state index is -0.513. The van der Waals surface area contributed by atoms with Crippen LogP contribution in [0, 0.1) is 17.5 Å². The fraction of sp³-hybridized carbons (Fsp3) is 0. The van der Waals surface area contributed by atoms with E-state index in [1.807, 2.05) is 0 Å². The van der Waals surface area contributed by atoms with Gasteiger partial charge in [-0.1, -0.05) is 35.4 Å². The standard InChI is InChI=1S/3C9H6FNO.Al/c3*10-7-4-6-2-1-3-11-9(6)8(12)5-7;/h3*1-5,12H;/q;;;+3/p-3. The van der Waals surface area contributed by atoms with E-state index in [2.05, 4.69) is 15.0 Å². The van der Waals surface area contributed by atoms with Crippen LogP contribution in [0.1, 0.15) is 0 Å². The molecule has 0 saturated heterocycles. The molecule has 6 nitrogen and oxygen atoms in total. The van der Waals surface area contributed by atoms with Crippen LogP contribution in [0.15, 0.2) is 91.4 Å². The van der Waals surface area contributed by atoms with Gasteiger partial charge in [-0.25, -0.2) is 13.2 Å². The van der Waals surface area contributed by atoms with Crippen LogP contribution in [0.25, 0.3) is 32.7 Å². The summed E-state index contributed by atoms with van der Waals surface area (Å²) in [5.41, 5.74) is 0.955. The van der Waals surface area contributed by atoms with Crippen LogP contribution < -0.4 is 15.3 Å². The molecule has 0 bridgehead atoms. The maximum atomic E-state index is 12.7. The molecule has 0 fully saturated rings. The van der Waals surface area contributed by atoms with E-state index in [0.29, 0.717) is 32.7 Å². The van der Waals surface area contributed by atoms with Crippen LogP contribution in [0.5, 0.6) is 17.2 Å². The second kappa shape index (κ2) is 12.0. The van der Waals surface area contributed by atoms with Crippen molar-refractivity contribution < 1.29 is 28.5 Å². The van der Waals surface area contributed by atoms with Gasteiger partial charge in [0.1, 0.15) is 17.5 Å². The van der Waals surface area contributed by atoms with E-state index in [4.69, 9.17) is 0 Å². The fourth-order valence-corrected chi connectivity index (χ4v) is 3.37. The molecule has 0 spiro atoms. The molecule has 37 heavy (non-hydrogen) atoms. The Labute approximate surface area is 219 Å². The topological polar surface area (TPSA) is 108 Å². The van der Waals surface area contributed by atoms with E-state index < -0.39 is 17.5 Å². The first-order chi connectivity index (χ1) is 17.3. The van der Waals surface area contributed by atoms with E-state index in [0.717, 1.165) is 18.2 Å². The molecule has 3 aromatic carbocycles. The van der Waals surface area contributed by atoms with Crippen molar-refractivity contribution in [3.8, 4) is 17.2 Å². The first-order valence-corrected chi connectivity index (χ1v) is 10.5. The molecule has 0 aliphatic carbocycles. The second-order valence-corrected chi connectivity index (χ2v) is 7.44. The molecule has 6 aromatic rings. The summed E-state index contributed by atoms with van der Waals surface area (Å²) in [7, 11) is 0. The van der Waals surface area contributed by atoms with Crippen LogP contribution in [0.4, 0.5) is 13.2 Å². The predicted molar refractivity (Wildman–Crippen MR) is 129 cm³/mol. The van der Waals surface area contributed by atoms with Crippen molar-refractivity contribution >= 4 is 50.1 Å². The van der Waals surface area contributed by atoms with Crippen molar-refractivity contribution in [1.29, 1.82) is 0 Å². The van der Waals surface area contributed by atoms with Gasteiger partial charge in [-0.15, -0.1) is 0 Å². The molecule has 180 valence electrons. The monoisotopic (exact) mass is 513 g/mol. The summed E-state index contributed by atoms with van der Waals surface area (Å²) in [5, 5.41) is 34.9. The Kier molecular flexibility index (Phi) is 8.85. The first-order valence-electron chi connectivity index (χ1n) is 10.5. The summed E-state index contributed by atoms with van der Waals surface area (Å²) in [6, 6.07) is 16.7. The van der Waals surface area contributed by atoms with Crippen molar-refractivity contribution in [2.75, 3.05) is 0 Å². The molecule has 10 heteroatoms. The van der Waals surface area contributed by atoms with E-state index in [9.17, 15) is 28.5 Å². The molecule has 0 unspecified atom stereocenters. The molecule has 0 aliphatic heterocycles. The van der Waals surface area contributed by atoms with E-state index in [1.54, 1.807) is 36.4 Å². The Hall–Kier alpha value is -4.39. The van der Waals surface area contributed by atoms with Gasteiger partial charge in [-0.05, 0) is 54.6 Å². The summed E-state index contributed by atoms with van der Waals surface area (Å²) < 4.78 is 38.0. The quantitative estimate of drug-likeness (QED) is 0.285. The zero-order chi connectivity index (χ0) is 25.7. The Bertz CT molecular complexity index is 1490. The average molecular weight is 513 g/mol. The predicted octanol–water partition coefficient (Wildman–Crippen LogP) is 3.96. The Morgan fingerprint density at radius 2 is 0.730 bits per heavy atom. The number of hydrogen-bond donors (Lipinski definition) is 0. The van der Waals surface area contributed by atoms with Crippen LogP contribution in [0.2, 0.25) is 0 Å². The molecule has 0 radical (unpaired) electrons. The van der Waals surface area contributed by atoms with Crippen LogP contribution in [0.3, 0.4) is 0 Å². The molecule has 0 saturated carbocycles. The third-order valence-electron chi connectivity index (χ3n) is 4.90. The van der Waals surface area contributed by atoms with Crippen molar-refractivity contribution in [2.24, 2.45) is 0 Å². The number of fused-ring (bicyclic) bond motifs is 3. The summed E-state index contributed by atoms with van der Waals surface area (Å²) in [4.78, 5) is 11.5. The Morgan fingerprint density at radius 3 is 1.00 bits per heavy atom. The van der Waals surface area contributed by atoms with Crippen LogP contribution in [-0.4, -0.2) is 32.3 Å². The van der Waals surface area contributed by atoms with Gasteiger partial charge in [-0.3, -0.25) is 15.0 Å². The van der Waals surface area contributed by atoms with Gasteiger partial charge in [0.05, 0.1) is 16.6 Å². The number of pyridine rings is 3. The second-order valence-electron chi connectivity index (χ2n) is 7.44. The third-order valence-corrected chi connectivity index (χ3v) is 4.90. The molecule has 0 N–H and O–H groups in total. The molecule has 0 aliphatic rings. The van der Waals surface area contributed by atoms with Gasteiger partial charge in [-0.2, -0.15) is 0 Å². The average Bonchev–Trinajstić information content (AvgIpc) is 2.85. The largest absolute Gasteiger partial charge is 3.00 e. The van der Waals surface area contributed by atoms with E-state index >= 15 is 0 Å². The molecule has 0 atom stereocenters. The molecule has 6 rings (SSSR count). The normalized spacial score (nSPS) is 10.1. The summed E-state index contributed by atoms with van der Waals surface area (Å²) >= 11 is 0. The number of benzene rings is 3. The number of halogens is 3. The number of rotatable bonds is 0. The van der Waals surface area contributed by atoms with Crippen LogP contribution >= 0.6 is 0 Å². The minimum absolute atomic E-state index is 0. The first kappa shape index (κ1) is 27.2. The Balaban J connectivity index is 0.000000152. The summed E-state index contributed by atoms with van der Waals surface area (Å²) in [5.74, 6) is -2.65. The zero-order valence-electron chi connectivity index (χ0n) is 18.9. The third kappa shape index (κ3) is 6.64. The molecular weight excluding hydrogens is 498 g/mol. The van der Waals surface area contributed by atoms with Crippen molar-refractivity contribution in [3.63, 3.8) is 0 Å². The van der Waals surface area contributed by atoms with Gasteiger partial charge >= 0.3 is 17.4 Å². The van der Waals surface area contributed by atoms with E-state index in [-0.39, 0.29) is 34.6 Å². The smallest absolute Gasteiger partial charge is 0.871 e. The molecule has 3 heterocycles. The number of hydrogen-bond acceptors (Lipinski definition) is 6. The zero-order valence-corrected chi connectivity index (χ0v) is 20.1. The summed E-state index contributed by atoms with van der Waals surface area (Å²) in [6.07, 6.45) is 4.55. The van der Waals surface area contributed by atoms with Gasteiger partial charge in [0.15, 0.2) is 0 Å². The van der Waals surface area contributed by atoms with Gasteiger partial charge < -0.3 is 15.3 Å². The van der Waals surface area contributed by atoms with Crippen molar-refractivity contribution in [3.05, 3.63) is 109 Å². The van der Waals surface area contributed by atoms with Gasteiger partial charge in [0.25, 0.3) is 0 Å². The van der Waals surface area contributed by atoms with Gasteiger partial charge in [0, 0.05) is 34.7 Å². The van der Waals surface area contributed by atoms with Crippen molar-refractivity contribution in [2.45, 2.75) is 0 Å². The number of aromatic nitrogens is 3. The maximum absolute atomic E-state index is 12.7. The molecule has 0 amide bonds. The van der Waals surface area contributed by atoms with Crippen molar-refractivity contribution in [1.82, 2.24) is 15.0 Å². The molecule has 3 aromatic heterocycles. The molecular formula is C27H15AlF3N3O3. The van der Waals surface area contributed by atoms with Gasteiger partial charge in [0.2, 0.25) is 0 Å². The van der Waals surface area contributed by atoms with Crippen LogP contribution in [-0.2, 0) is 0 Å². The van der Waals surface area contributed by atoms with E-state index in [1.165, 1.54) is 36.8 Å². The minimum Gasteiger partial charge on any atom is -0.871 e. The summed E-state index contributed by atoms with van der Waals surface area (Å²) in [6.45, 7) is 0. The Morgan fingerprint density at radius 1 is 0.459 bits per heavy atom. The SMILES string of the molecule is [Al+3].[O-]c1cc(F)cc2cccnc12.[O-]c1cc(F)cc2cccnc12.[O-]c1cc(F)cc2cccnc12. The fourth-order valence-electron chi connectivity index (χ4n) is 3.37. The number of nitrogens with zero attached hydrogens (tertiary/aromatic N) is 3.